The maximum Gasteiger partial charge on any atom is 0.167 e. The normalized spacial score (nSPS) is 10.7. The zero-order chi connectivity index (χ0) is 12.5. The van der Waals surface area contributed by atoms with Crippen molar-refractivity contribution in [1.29, 1.82) is 0 Å². The van der Waals surface area contributed by atoms with Gasteiger partial charge in [-0.15, -0.1) is 0 Å². The fourth-order valence-electron chi connectivity index (χ4n) is 2.06. The second kappa shape index (κ2) is 4.11. The van der Waals surface area contributed by atoms with E-state index >= 15 is 0 Å². The van der Waals surface area contributed by atoms with Gasteiger partial charge in [0.05, 0.1) is 5.39 Å². The van der Waals surface area contributed by atoms with E-state index in [1.54, 1.807) is 18.2 Å². The van der Waals surface area contributed by atoms with Gasteiger partial charge < -0.3 is 4.52 Å². The van der Waals surface area contributed by atoms with Crippen LogP contribution < -0.4 is 0 Å². The predicted molar refractivity (Wildman–Crippen MR) is 69.6 cm³/mol. The summed E-state index contributed by atoms with van der Waals surface area (Å²) in [6.07, 6.45) is 0.827. The van der Waals surface area contributed by atoms with E-state index in [-0.39, 0.29) is 0 Å². The lowest BCUT2D eigenvalue weighted by Crippen LogP contribution is -1.84. The number of aromatic nitrogens is 1. The fraction of sp³-hybridized carbons (Fsp3) is 0.0667. The summed E-state index contributed by atoms with van der Waals surface area (Å²) in [4.78, 5) is 10.8. The molecule has 1 heterocycles. The summed E-state index contributed by atoms with van der Waals surface area (Å²) in [5.41, 5.74) is 4.26. The van der Waals surface area contributed by atoms with Crippen molar-refractivity contribution in [1.82, 2.24) is 5.16 Å². The lowest BCUT2D eigenvalue weighted by Gasteiger charge is -2.01. The Labute approximate surface area is 104 Å². The molecule has 0 saturated carbocycles. The average molecular weight is 237 g/mol. The predicted octanol–water partition coefficient (Wildman–Crippen LogP) is 3.62. The molecule has 3 nitrogen and oxygen atoms in total. The largest absolute Gasteiger partial charge is 0.356 e. The van der Waals surface area contributed by atoms with Crippen LogP contribution in [0.3, 0.4) is 0 Å². The van der Waals surface area contributed by atoms with Gasteiger partial charge in [-0.1, -0.05) is 29.4 Å². The second-order valence-corrected chi connectivity index (χ2v) is 4.22. The number of aryl methyl sites for hydroxylation is 1. The van der Waals surface area contributed by atoms with Crippen molar-refractivity contribution in [2.45, 2.75) is 6.92 Å². The van der Waals surface area contributed by atoms with Crippen LogP contribution in [0, 0.1) is 6.92 Å². The molecular weight excluding hydrogens is 226 g/mol. The maximum atomic E-state index is 10.8. The van der Waals surface area contributed by atoms with Crippen LogP contribution >= 0.6 is 0 Å². The van der Waals surface area contributed by atoms with Crippen LogP contribution in [0.5, 0.6) is 0 Å². The third-order valence-corrected chi connectivity index (χ3v) is 3.03. The summed E-state index contributed by atoms with van der Waals surface area (Å²) in [6.45, 7) is 2.03. The first-order valence-corrected chi connectivity index (χ1v) is 5.70. The number of carbonyl (C=O) groups is 1. The van der Waals surface area contributed by atoms with Gasteiger partial charge in [0.25, 0.3) is 0 Å². The van der Waals surface area contributed by atoms with Gasteiger partial charge in [0.2, 0.25) is 0 Å². The molecule has 0 saturated heterocycles. The zero-order valence-corrected chi connectivity index (χ0v) is 9.88. The summed E-state index contributed by atoms with van der Waals surface area (Å²) in [5.74, 6) is 0. The SMILES string of the molecule is Cc1ccccc1-c1noc2ccc(C=O)cc12. The highest BCUT2D eigenvalue weighted by Crippen LogP contribution is 2.30. The lowest BCUT2D eigenvalue weighted by atomic mass is 10.0. The quantitative estimate of drug-likeness (QED) is 0.639. The van der Waals surface area contributed by atoms with Gasteiger partial charge in [-0.05, 0) is 30.7 Å². The first-order chi connectivity index (χ1) is 8.79. The molecule has 0 amide bonds. The smallest absolute Gasteiger partial charge is 0.167 e. The van der Waals surface area contributed by atoms with Crippen LogP contribution in [-0.4, -0.2) is 11.4 Å². The zero-order valence-electron chi connectivity index (χ0n) is 9.88. The van der Waals surface area contributed by atoms with Crippen LogP contribution in [-0.2, 0) is 0 Å². The van der Waals surface area contributed by atoms with Gasteiger partial charge in [0.1, 0.15) is 12.0 Å². The van der Waals surface area contributed by atoms with E-state index in [9.17, 15) is 4.79 Å². The Bertz CT molecular complexity index is 728. The highest BCUT2D eigenvalue weighted by atomic mass is 16.5. The molecule has 2 aromatic carbocycles. The Kier molecular flexibility index (Phi) is 2.45. The average Bonchev–Trinajstić information content (AvgIpc) is 2.82. The highest BCUT2D eigenvalue weighted by molar-refractivity contribution is 5.95. The molecule has 1 aromatic heterocycles. The minimum atomic E-state index is 0.625. The minimum absolute atomic E-state index is 0.625. The Morgan fingerprint density at radius 3 is 2.78 bits per heavy atom. The van der Waals surface area contributed by atoms with Gasteiger partial charge in [-0.3, -0.25) is 4.79 Å². The van der Waals surface area contributed by atoms with E-state index in [4.69, 9.17) is 4.52 Å². The molecule has 0 N–H and O–H groups in total. The number of carbonyl (C=O) groups excluding carboxylic acids is 1. The fourth-order valence-corrected chi connectivity index (χ4v) is 2.06. The van der Waals surface area contributed by atoms with Gasteiger partial charge in [-0.2, -0.15) is 0 Å². The summed E-state index contributed by atoms with van der Waals surface area (Å²) >= 11 is 0. The van der Waals surface area contributed by atoms with Crippen molar-refractivity contribution in [2.24, 2.45) is 0 Å². The molecule has 0 aliphatic heterocycles. The highest BCUT2D eigenvalue weighted by Gasteiger charge is 2.12. The summed E-state index contributed by atoms with van der Waals surface area (Å²) in [6, 6.07) is 13.3. The first kappa shape index (κ1) is 10.7. The molecule has 0 aliphatic carbocycles. The molecule has 0 unspecified atom stereocenters. The lowest BCUT2D eigenvalue weighted by molar-refractivity contribution is 0.112. The topological polar surface area (TPSA) is 43.1 Å². The number of hydrogen-bond acceptors (Lipinski definition) is 3. The van der Waals surface area contributed by atoms with Crippen LogP contribution in [0.4, 0.5) is 0 Å². The van der Waals surface area contributed by atoms with Gasteiger partial charge in [0, 0.05) is 11.1 Å². The molecule has 0 radical (unpaired) electrons. The van der Waals surface area contributed by atoms with E-state index in [1.807, 2.05) is 31.2 Å². The minimum Gasteiger partial charge on any atom is -0.356 e. The number of benzene rings is 2. The van der Waals surface area contributed by atoms with Gasteiger partial charge >= 0.3 is 0 Å². The molecule has 0 spiro atoms. The molecule has 3 aromatic rings. The summed E-state index contributed by atoms with van der Waals surface area (Å²) in [5, 5.41) is 4.98. The van der Waals surface area contributed by atoms with Crippen LogP contribution in [0.15, 0.2) is 47.0 Å². The molecule has 3 rings (SSSR count). The Morgan fingerprint density at radius 2 is 2.00 bits per heavy atom. The third kappa shape index (κ3) is 1.61. The van der Waals surface area contributed by atoms with E-state index in [1.165, 1.54) is 0 Å². The molecule has 88 valence electrons. The van der Waals surface area contributed by atoms with Gasteiger partial charge in [0.15, 0.2) is 5.58 Å². The second-order valence-electron chi connectivity index (χ2n) is 4.22. The molecule has 0 atom stereocenters. The number of hydrogen-bond donors (Lipinski definition) is 0. The van der Waals surface area contributed by atoms with Crippen LogP contribution in [0.2, 0.25) is 0 Å². The molecule has 0 fully saturated rings. The molecule has 18 heavy (non-hydrogen) atoms. The molecule has 0 bridgehead atoms. The van der Waals surface area contributed by atoms with E-state index < -0.39 is 0 Å². The van der Waals surface area contributed by atoms with Crippen molar-refractivity contribution >= 4 is 17.3 Å². The van der Waals surface area contributed by atoms with E-state index in [0.717, 1.165) is 28.5 Å². The number of nitrogens with zero attached hydrogens (tertiary/aromatic N) is 1. The number of rotatable bonds is 2. The summed E-state index contributed by atoms with van der Waals surface area (Å²) < 4.78 is 5.29. The van der Waals surface area contributed by atoms with E-state index in [0.29, 0.717) is 11.1 Å². The standard InChI is InChI=1S/C15H11NO2/c1-10-4-2-3-5-12(10)15-13-8-11(9-17)6-7-14(13)18-16-15/h2-9H,1H3. The maximum absolute atomic E-state index is 10.8. The molecule has 3 heteroatoms. The van der Waals surface area contributed by atoms with Crippen LogP contribution in [0.1, 0.15) is 15.9 Å². The Morgan fingerprint density at radius 1 is 1.17 bits per heavy atom. The molecule has 0 aliphatic rings. The Hall–Kier alpha value is -2.42. The molecular formula is C15H11NO2. The van der Waals surface area contributed by atoms with Crippen LogP contribution in [0.25, 0.3) is 22.2 Å². The summed E-state index contributed by atoms with van der Waals surface area (Å²) in [7, 11) is 0. The number of aldehydes is 1. The van der Waals surface area contributed by atoms with Crippen molar-refractivity contribution in [2.75, 3.05) is 0 Å². The van der Waals surface area contributed by atoms with Crippen molar-refractivity contribution in [3.8, 4) is 11.3 Å². The van der Waals surface area contributed by atoms with Crippen molar-refractivity contribution in [3.05, 3.63) is 53.6 Å². The first-order valence-electron chi connectivity index (χ1n) is 5.70. The monoisotopic (exact) mass is 237 g/mol. The third-order valence-electron chi connectivity index (χ3n) is 3.03. The van der Waals surface area contributed by atoms with Crippen molar-refractivity contribution < 1.29 is 9.32 Å². The van der Waals surface area contributed by atoms with Gasteiger partial charge in [-0.25, -0.2) is 0 Å². The van der Waals surface area contributed by atoms with Crippen molar-refractivity contribution in [3.63, 3.8) is 0 Å². The Balaban J connectivity index is 2.29. The number of fused-ring (bicyclic) bond motifs is 1. The van der Waals surface area contributed by atoms with E-state index in [2.05, 4.69) is 5.16 Å².